The minimum Gasteiger partial charge on any atom is -0.352 e. The molecular formula is C13H17BrINO. The first-order valence-corrected chi connectivity index (χ1v) is 7.85. The largest absolute Gasteiger partial charge is 0.352 e. The van der Waals surface area contributed by atoms with Crippen molar-refractivity contribution in [1.82, 2.24) is 5.32 Å². The third kappa shape index (κ3) is 4.58. The summed E-state index contributed by atoms with van der Waals surface area (Å²) in [4.78, 5) is 12.0. The van der Waals surface area contributed by atoms with Crippen LogP contribution in [0.15, 0.2) is 18.2 Å². The Balaban J connectivity index is 2.61. The van der Waals surface area contributed by atoms with Crippen molar-refractivity contribution in [3.63, 3.8) is 0 Å². The lowest BCUT2D eigenvalue weighted by molar-refractivity contribution is 0.0947. The zero-order valence-electron chi connectivity index (χ0n) is 10.1. The summed E-state index contributed by atoms with van der Waals surface area (Å²) in [6, 6.07) is 5.82. The third-order valence-corrected chi connectivity index (χ3v) is 4.54. The Hall–Kier alpha value is -0.100. The lowest BCUT2D eigenvalue weighted by Gasteiger charge is -2.12. The van der Waals surface area contributed by atoms with Gasteiger partial charge >= 0.3 is 0 Å². The molecule has 0 saturated carbocycles. The number of carbonyl (C=O) groups excluding carboxylic acids is 1. The van der Waals surface area contributed by atoms with E-state index in [1.807, 2.05) is 25.1 Å². The molecular weight excluding hydrogens is 393 g/mol. The standard InChI is InChI=1S/C13H17BrINO/c1-9(6-7-14)8-16-13(17)11-5-3-4-10(2)12(11)15/h3-5,9H,6-8H2,1-2H3,(H,16,17). The average molecular weight is 410 g/mol. The van der Waals surface area contributed by atoms with Crippen LogP contribution < -0.4 is 5.32 Å². The van der Waals surface area contributed by atoms with Crippen LogP contribution in [0.1, 0.15) is 29.3 Å². The molecule has 1 aromatic carbocycles. The maximum absolute atomic E-state index is 12.0. The van der Waals surface area contributed by atoms with Crippen molar-refractivity contribution in [1.29, 1.82) is 0 Å². The highest BCUT2D eigenvalue weighted by Crippen LogP contribution is 2.16. The predicted octanol–water partition coefficient (Wildman–Crippen LogP) is 3.75. The summed E-state index contributed by atoms with van der Waals surface area (Å²) in [6.07, 6.45) is 1.07. The highest BCUT2D eigenvalue weighted by molar-refractivity contribution is 14.1. The molecule has 17 heavy (non-hydrogen) atoms. The smallest absolute Gasteiger partial charge is 0.252 e. The second kappa shape index (κ2) is 7.36. The Labute approximate surface area is 125 Å². The van der Waals surface area contributed by atoms with Crippen LogP contribution in [0.3, 0.4) is 0 Å². The average Bonchev–Trinajstić information content (AvgIpc) is 2.30. The number of halogens is 2. The van der Waals surface area contributed by atoms with Gasteiger partial charge in [-0.25, -0.2) is 0 Å². The highest BCUT2D eigenvalue weighted by Gasteiger charge is 2.11. The first kappa shape index (κ1) is 15.0. The summed E-state index contributed by atoms with van der Waals surface area (Å²) in [5, 5.41) is 3.97. The Bertz CT molecular complexity index is 395. The summed E-state index contributed by atoms with van der Waals surface area (Å²) < 4.78 is 1.04. The number of alkyl halides is 1. The highest BCUT2D eigenvalue weighted by atomic mass is 127. The van der Waals surface area contributed by atoms with Crippen molar-refractivity contribution in [3.05, 3.63) is 32.9 Å². The first-order chi connectivity index (χ1) is 8.06. The van der Waals surface area contributed by atoms with E-state index in [1.165, 1.54) is 0 Å². The molecule has 0 spiro atoms. The molecule has 0 radical (unpaired) electrons. The van der Waals surface area contributed by atoms with Crippen LogP contribution >= 0.6 is 38.5 Å². The molecule has 0 aliphatic rings. The number of hydrogen-bond donors (Lipinski definition) is 1. The summed E-state index contributed by atoms with van der Waals surface area (Å²) in [6.45, 7) is 4.89. The Kier molecular flexibility index (Phi) is 6.48. The first-order valence-electron chi connectivity index (χ1n) is 5.65. The van der Waals surface area contributed by atoms with Crippen LogP contribution in [0.4, 0.5) is 0 Å². The summed E-state index contributed by atoms with van der Waals surface area (Å²) in [5.74, 6) is 0.528. The van der Waals surface area contributed by atoms with Crippen LogP contribution in [-0.4, -0.2) is 17.8 Å². The van der Waals surface area contributed by atoms with Crippen LogP contribution in [0.2, 0.25) is 0 Å². The van der Waals surface area contributed by atoms with Crippen molar-refractivity contribution in [2.75, 3.05) is 11.9 Å². The van der Waals surface area contributed by atoms with Crippen molar-refractivity contribution >= 4 is 44.4 Å². The SMILES string of the molecule is Cc1cccc(C(=O)NCC(C)CCBr)c1I. The maximum atomic E-state index is 12.0. The van der Waals surface area contributed by atoms with E-state index in [9.17, 15) is 4.79 Å². The molecule has 0 bridgehead atoms. The zero-order valence-corrected chi connectivity index (χ0v) is 13.8. The molecule has 1 rings (SSSR count). The second-order valence-corrected chi connectivity index (χ2v) is 6.10. The minimum atomic E-state index is 0.0273. The molecule has 0 aliphatic carbocycles. The van der Waals surface area contributed by atoms with E-state index in [0.29, 0.717) is 5.92 Å². The second-order valence-electron chi connectivity index (χ2n) is 4.23. The molecule has 1 aromatic rings. The van der Waals surface area contributed by atoms with E-state index in [1.54, 1.807) is 0 Å². The monoisotopic (exact) mass is 409 g/mol. The normalized spacial score (nSPS) is 12.2. The number of amides is 1. The van der Waals surface area contributed by atoms with Gasteiger partial charge in [0.1, 0.15) is 0 Å². The molecule has 0 aliphatic heterocycles. The van der Waals surface area contributed by atoms with Crippen molar-refractivity contribution in [3.8, 4) is 0 Å². The van der Waals surface area contributed by atoms with E-state index in [0.717, 1.165) is 33.0 Å². The van der Waals surface area contributed by atoms with E-state index < -0.39 is 0 Å². The van der Waals surface area contributed by atoms with Crippen molar-refractivity contribution < 1.29 is 4.79 Å². The summed E-state index contributed by atoms with van der Waals surface area (Å²) in [7, 11) is 0. The summed E-state index contributed by atoms with van der Waals surface area (Å²) >= 11 is 5.63. The van der Waals surface area contributed by atoms with Crippen molar-refractivity contribution in [2.45, 2.75) is 20.3 Å². The molecule has 4 heteroatoms. The fourth-order valence-corrected chi connectivity index (χ4v) is 2.86. The van der Waals surface area contributed by atoms with Gasteiger partial charge in [-0.05, 0) is 53.5 Å². The number of rotatable bonds is 5. The van der Waals surface area contributed by atoms with E-state index in [4.69, 9.17) is 0 Å². The van der Waals surface area contributed by atoms with Gasteiger partial charge in [0.25, 0.3) is 5.91 Å². The topological polar surface area (TPSA) is 29.1 Å². The fraction of sp³-hybridized carbons (Fsp3) is 0.462. The van der Waals surface area contributed by atoms with Crippen molar-refractivity contribution in [2.24, 2.45) is 5.92 Å². The maximum Gasteiger partial charge on any atom is 0.252 e. The van der Waals surface area contributed by atoms with Gasteiger partial charge in [-0.15, -0.1) is 0 Å². The number of nitrogens with one attached hydrogen (secondary N) is 1. The zero-order chi connectivity index (χ0) is 12.8. The molecule has 94 valence electrons. The molecule has 0 heterocycles. The molecule has 1 atom stereocenters. The Morgan fingerprint density at radius 1 is 1.53 bits per heavy atom. The van der Waals surface area contributed by atoms with Gasteiger partial charge in [-0.1, -0.05) is 35.0 Å². The molecule has 0 fully saturated rings. The predicted molar refractivity (Wildman–Crippen MR) is 83.8 cm³/mol. The van der Waals surface area contributed by atoms with Gasteiger partial charge in [0.05, 0.1) is 5.56 Å². The molecule has 0 aromatic heterocycles. The van der Waals surface area contributed by atoms with Gasteiger partial charge in [0, 0.05) is 15.4 Å². The quantitative estimate of drug-likeness (QED) is 0.582. The number of hydrogen-bond acceptors (Lipinski definition) is 1. The fourth-order valence-electron chi connectivity index (χ4n) is 1.47. The van der Waals surface area contributed by atoms with Gasteiger partial charge in [0.2, 0.25) is 0 Å². The van der Waals surface area contributed by atoms with E-state index >= 15 is 0 Å². The van der Waals surface area contributed by atoms with Crippen LogP contribution in [0, 0.1) is 16.4 Å². The van der Waals surface area contributed by atoms with Gasteiger partial charge in [-0.2, -0.15) is 0 Å². The molecule has 0 saturated heterocycles. The third-order valence-electron chi connectivity index (χ3n) is 2.65. The minimum absolute atomic E-state index is 0.0273. The lowest BCUT2D eigenvalue weighted by Crippen LogP contribution is -2.29. The molecule has 2 nitrogen and oxygen atoms in total. The van der Waals surface area contributed by atoms with Crippen LogP contribution in [0.5, 0.6) is 0 Å². The van der Waals surface area contributed by atoms with Crippen LogP contribution in [0.25, 0.3) is 0 Å². The van der Waals surface area contributed by atoms with Gasteiger partial charge < -0.3 is 5.32 Å². The van der Waals surface area contributed by atoms with Gasteiger partial charge in [0.15, 0.2) is 0 Å². The molecule has 1 amide bonds. The molecule has 1 unspecified atom stereocenters. The number of aryl methyl sites for hydroxylation is 1. The number of benzene rings is 1. The molecule has 1 N–H and O–H groups in total. The Morgan fingerprint density at radius 3 is 2.88 bits per heavy atom. The Morgan fingerprint density at radius 2 is 2.24 bits per heavy atom. The van der Waals surface area contributed by atoms with Gasteiger partial charge in [-0.3, -0.25) is 4.79 Å². The summed E-state index contributed by atoms with van der Waals surface area (Å²) in [5.41, 5.74) is 1.92. The van der Waals surface area contributed by atoms with E-state index in [-0.39, 0.29) is 5.91 Å². The van der Waals surface area contributed by atoms with E-state index in [2.05, 4.69) is 50.8 Å². The lowest BCUT2D eigenvalue weighted by atomic mass is 10.1. The van der Waals surface area contributed by atoms with Crippen LogP contribution in [-0.2, 0) is 0 Å². The number of carbonyl (C=O) groups is 1.